The zero-order valence-electron chi connectivity index (χ0n) is 9.08. The third-order valence-corrected chi connectivity index (χ3v) is 2.07. The van der Waals surface area contributed by atoms with Crippen LogP contribution in [0.2, 0.25) is 0 Å². The van der Waals surface area contributed by atoms with E-state index in [1.54, 1.807) is 12.1 Å². The molecule has 5 heteroatoms. The van der Waals surface area contributed by atoms with Crippen LogP contribution in [-0.4, -0.2) is 31.5 Å². The lowest BCUT2D eigenvalue weighted by Gasteiger charge is -2.09. The van der Waals surface area contributed by atoms with E-state index in [9.17, 15) is 4.39 Å². The molecule has 0 heterocycles. The summed E-state index contributed by atoms with van der Waals surface area (Å²) in [6, 6.07) is 4.66. The van der Waals surface area contributed by atoms with E-state index in [1.165, 1.54) is 6.07 Å². The number of rotatable bonds is 7. The summed E-state index contributed by atoms with van der Waals surface area (Å²) >= 11 is 0. The standard InChI is InChI=1S/C11H17FN2O2/c12-9-3-1-4-10(11(9)13)14-5-2-7-16-8-6-15/h1,3-4,14-15H,2,5-8,13H2. The fraction of sp³-hybridized carbons (Fsp3) is 0.455. The second-order valence-corrected chi connectivity index (χ2v) is 3.32. The molecule has 0 saturated heterocycles. The maximum absolute atomic E-state index is 13.0. The number of anilines is 2. The monoisotopic (exact) mass is 228 g/mol. The largest absolute Gasteiger partial charge is 0.395 e. The summed E-state index contributed by atoms with van der Waals surface area (Å²) in [6.07, 6.45) is 0.774. The summed E-state index contributed by atoms with van der Waals surface area (Å²) in [5.41, 5.74) is 6.28. The van der Waals surface area contributed by atoms with Crippen molar-refractivity contribution in [1.82, 2.24) is 0 Å². The first-order valence-corrected chi connectivity index (χ1v) is 5.22. The van der Waals surface area contributed by atoms with Crippen molar-refractivity contribution in [2.45, 2.75) is 6.42 Å². The minimum Gasteiger partial charge on any atom is -0.395 e. The van der Waals surface area contributed by atoms with Gasteiger partial charge in [-0.3, -0.25) is 0 Å². The molecule has 0 aromatic heterocycles. The predicted molar refractivity (Wildman–Crippen MR) is 61.8 cm³/mol. The number of nitrogens with one attached hydrogen (secondary N) is 1. The van der Waals surface area contributed by atoms with Crippen molar-refractivity contribution in [3.05, 3.63) is 24.0 Å². The second kappa shape index (κ2) is 7.03. The molecule has 90 valence electrons. The molecule has 1 rings (SSSR count). The van der Waals surface area contributed by atoms with Crippen LogP contribution < -0.4 is 11.1 Å². The summed E-state index contributed by atoms with van der Waals surface area (Å²) in [5.74, 6) is -0.415. The van der Waals surface area contributed by atoms with Crippen LogP contribution in [0.25, 0.3) is 0 Å². The molecule has 4 N–H and O–H groups in total. The SMILES string of the molecule is Nc1c(F)cccc1NCCCOCCO. The van der Waals surface area contributed by atoms with Crippen molar-refractivity contribution >= 4 is 11.4 Å². The summed E-state index contributed by atoms with van der Waals surface area (Å²) in [5, 5.41) is 11.5. The number of aliphatic hydroxyl groups excluding tert-OH is 1. The van der Waals surface area contributed by atoms with E-state index in [0.29, 0.717) is 25.4 Å². The second-order valence-electron chi connectivity index (χ2n) is 3.32. The molecule has 1 aromatic rings. The Bertz CT molecular complexity index is 321. The van der Waals surface area contributed by atoms with Crippen LogP contribution in [0.15, 0.2) is 18.2 Å². The van der Waals surface area contributed by atoms with Crippen molar-refractivity contribution in [2.75, 3.05) is 37.4 Å². The highest BCUT2D eigenvalue weighted by Crippen LogP contribution is 2.20. The van der Waals surface area contributed by atoms with E-state index in [-0.39, 0.29) is 12.3 Å². The normalized spacial score (nSPS) is 10.4. The Labute approximate surface area is 94.2 Å². The molecule has 1 aromatic carbocycles. The predicted octanol–water partition coefficient (Wildman–Crippen LogP) is 1.22. The molecule has 0 aliphatic rings. The molecule has 0 fully saturated rings. The maximum Gasteiger partial charge on any atom is 0.148 e. The first kappa shape index (κ1) is 12.7. The van der Waals surface area contributed by atoms with Gasteiger partial charge in [0.15, 0.2) is 0 Å². The van der Waals surface area contributed by atoms with Crippen molar-refractivity contribution in [2.24, 2.45) is 0 Å². The Balaban J connectivity index is 2.24. The van der Waals surface area contributed by atoms with Gasteiger partial charge in [-0.2, -0.15) is 0 Å². The van der Waals surface area contributed by atoms with Crippen LogP contribution in [0.1, 0.15) is 6.42 Å². The molecular formula is C11H17FN2O2. The molecule has 0 saturated carbocycles. The average Bonchev–Trinajstić information content (AvgIpc) is 2.29. The number of hydrogen-bond acceptors (Lipinski definition) is 4. The average molecular weight is 228 g/mol. The zero-order chi connectivity index (χ0) is 11.8. The van der Waals surface area contributed by atoms with Gasteiger partial charge in [-0.1, -0.05) is 6.07 Å². The Kier molecular flexibility index (Phi) is 5.60. The molecule has 0 spiro atoms. The highest BCUT2D eigenvalue weighted by atomic mass is 19.1. The van der Waals surface area contributed by atoms with Crippen LogP contribution in [0.5, 0.6) is 0 Å². The Morgan fingerprint density at radius 2 is 2.19 bits per heavy atom. The number of aliphatic hydroxyl groups is 1. The zero-order valence-corrected chi connectivity index (χ0v) is 9.08. The van der Waals surface area contributed by atoms with Gasteiger partial charge in [-0.15, -0.1) is 0 Å². The lowest BCUT2D eigenvalue weighted by molar-refractivity contribution is 0.0922. The molecule has 16 heavy (non-hydrogen) atoms. The van der Waals surface area contributed by atoms with Gasteiger partial charge in [0.2, 0.25) is 0 Å². The highest BCUT2D eigenvalue weighted by molar-refractivity contribution is 5.66. The van der Waals surface area contributed by atoms with Gasteiger partial charge in [0, 0.05) is 13.2 Å². The van der Waals surface area contributed by atoms with Crippen LogP contribution in [0, 0.1) is 5.82 Å². The molecule has 0 atom stereocenters. The van der Waals surface area contributed by atoms with Gasteiger partial charge in [-0.25, -0.2) is 4.39 Å². The quantitative estimate of drug-likeness (QED) is 0.485. The van der Waals surface area contributed by atoms with Gasteiger partial charge in [0.1, 0.15) is 5.82 Å². The number of halogens is 1. The fourth-order valence-electron chi connectivity index (χ4n) is 1.26. The van der Waals surface area contributed by atoms with Gasteiger partial charge in [-0.05, 0) is 18.6 Å². The van der Waals surface area contributed by atoms with Crippen molar-refractivity contribution in [3.8, 4) is 0 Å². The molecule has 4 nitrogen and oxygen atoms in total. The molecule has 0 amide bonds. The number of nitrogens with two attached hydrogens (primary N) is 1. The summed E-state index contributed by atoms with van der Waals surface area (Å²) in [4.78, 5) is 0. The van der Waals surface area contributed by atoms with Gasteiger partial charge < -0.3 is 20.9 Å². The van der Waals surface area contributed by atoms with E-state index < -0.39 is 5.82 Å². The van der Waals surface area contributed by atoms with Crippen LogP contribution in [0.4, 0.5) is 15.8 Å². The van der Waals surface area contributed by atoms with Crippen molar-refractivity contribution in [3.63, 3.8) is 0 Å². The van der Waals surface area contributed by atoms with E-state index in [0.717, 1.165) is 6.42 Å². The Morgan fingerprint density at radius 1 is 1.38 bits per heavy atom. The minimum absolute atomic E-state index is 0.0320. The van der Waals surface area contributed by atoms with E-state index in [1.807, 2.05) is 0 Å². The summed E-state index contributed by atoms with van der Waals surface area (Å²) < 4.78 is 18.1. The lowest BCUT2D eigenvalue weighted by Crippen LogP contribution is -2.09. The minimum atomic E-state index is -0.415. The lowest BCUT2D eigenvalue weighted by atomic mass is 10.2. The number of nitrogen functional groups attached to an aromatic ring is 1. The Morgan fingerprint density at radius 3 is 2.94 bits per heavy atom. The van der Waals surface area contributed by atoms with E-state index in [2.05, 4.69) is 5.32 Å². The van der Waals surface area contributed by atoms with Crippen molar-refractivity contribution in [1.29, 1.82) is 0 Å². The fourth-order valence-corrected chi connectivity index (χ4v) is 1.26. The van der Waals surface area contributed by atoms with Crippen LogP contribution >= 0.6 is 0 Å². The van der Waals surface area contributed by atoms with Crippen molar-refractivity contribution < 1.29 is 14.2 Å². The Hall–Kier alpha value is -1.33. The smallest absolute Gasteiger partial charge is 0.148 e. The van der Waals surface area contributed by atoms with E-state index >= 15 is 0 Å². The topological polar surface area (TPSA) is 67.5 Å². The summed E-state index contributed by atoms with van der Waals surface area (Å²) in [6.45, 7) is 1.59. The third-order valence-electron chi connectivity index (χ3n) is 2.07. The maximum atomic E-state index is 13.0. The van der Waals surface area contributed by atoms with Gasteiger partial charge >= 0.3 is 0 Å². The number of para-hydroxylation sites is 1. The molecule has 0 aliphatic carbocycles. The highest BCUT2D eigenvalue weighted by Gasteiger charge is 2.02. The molecule has 0 unspecified atom stereocenters. The first-order valence-electron chi connectivity index (χ1n) is 5.22. The number of ether oxygens (including phenoxy) is 1. The van der Waals surface area contributed by atoms with Gasteiger partial charge in [0.05, 0.1) is 24.6 Å². The van der Waals surface area contributed by atoms with Crippen LogP contribution in [-0.2, 0) is 4.74 Å². The van der Waals surface area contributed by atoms with Gasteiger partial charge in [0.25, 0.3) is 0 Å². The number of hydrogen-bond donors (Lipinski definition) is 3. The molecule has 0 radical (unpaired) electrons. The third kappa shape index (κ3) is 4.04. The number of benzene rings is 1. The first-order chi connectivity index (χ1) is 7.75. The molecule has 0 bridgehead atoms. The van der Waals surface area contributed by atoms with E-state index in [4.69, 9.17) is 15.6 Å². The molecule has 0 aliphatic heterocycles. The van der Waals surface area contributed by atoms with Crippen LogP contribution in [0.3, 0.4) is 0 Å². The summed E-state index contributed by atoms with van der Waals surface area (Å²) in [7, 11) is 0. The molecular weight excluding hydrogens is 211 g/mol.